The smallest absolute Gasteiger partial charge is 0.268 e. The predicted octanol–water partition coefficient (Wildman–Crippen LogP) is 3.93. The Bertz CT molecular complexity index is 1900. The molecule has 17 heteroatoms. The van der Waals surface area contributed by atoms with Crippen molar-refractivity contribution >= 4 is 45.0 Å². The van der Waals surface area contributed by atoms with E-state index in [4.69, 9.17) is 42.8 Å². The molecular formula is C37H45Cl2N7O7S. The minimum atomic E-state index is -4.31. The number of benzene rings is 3. The Balaban J connectivity index is 1.65. The molecule has 2 N–H and O–H groups in total. The van der Waals surface area contributed by atoms with Gasteiger partial charge in [-0.25, -0.2) is 8.42 Å². The lowest BCUT2D eigenvalue weighted by atomic mass is 9.95. The molecule has 0 aliphatic carbocycles. The summed E-state index contributed by atoms with van der Waals surface area (Å²) in [6.45, 7) is 3.81. The lowest BCUT2D eigenvalue weighted by Crippen LogP contribution is -2.62. The predicted molar refractivity (Wildman–Crippen MR) is 203 cm³/mol. The number of nitriles is 1. The van der Waals surface area contributed by atoms with Crippen molar-refractivity contribution in [2.75, 3.05) is 74.2 Å². The molecule has 2 fully saturated rings. The third kappa shape index (κ3) is 8.61. The molecular weight excluding hydrogens is 757 g/mol. The van der Waals surface area contributed by atoms with E-state index in [9.17, 15) is 13.2 Å². The van der Waals surface area contributed by atoms with Crippen LogP contribution in [-0.4, -0.2) is 114 Å². The number of halogens is 2. The van der Waals surface area contributed by atoms with Crippen LogP contribution >= 0.6 is 23.2 Å². The van der Waals surface area contributed by atoms with Gasteiger partial charge in [0.1, 0.15) is 16.4 Å². The fourth-order valence-corrected chi connectivity index (χ4v) is 8.06. The molecule has 14 nitrogen and oxygen atoms in total. The van der Waals surface area contributed by atoms with E-state index in [0.29, 0.717) is 34.1 Å². The van der Waals surface area contributed by atoms with Crippen LogP contribution in [0.25, 0.3) is 0 Å². The van der Waals surface area contributed by atoms with Crippen molar-refractivity contribution < 1.29 is 32.3 Å². The second kappa shape index (κ2) is 17.7. The van der Waals surface area contributed by atoms with E-state index in [1.54, 1.807) is 43.1 Å². The summed E-state index contributed by atoms with van der Waals surface area (Å²) >= 11 is 12.6. The number of amides is 2. The van der Waals surface area contributed by atoms with Gasteiger partial charge in [0.05, 0.1) is 51.9 Å². The average molecular weight is 803 g/mol. The SMILES string of the molecule is CCOc1cc(OC)c(S(=O)(=O)N(C)OC)cc1C1(C(=O)N2CCN(CC(=O)N(C)CCC#N)CC2)N[C@H](c2ccc(Cl)cc2)[C@H](c2ccc(Cl)cc2)N1. The Hall–Kier alpha value is -3.98. The van der Waals surface area contributed by atoms with E-state index in [-0.39, 0.29) is 66.4 Å². The Kier molecular flexibility index (Phi) is 13.5. The first kappa shape index (κ1) is 41.2. The van der Waals surface area contributed by atoms with Gasteiger partial charge in [-0.3, -0.25) is 30.0 Å². The molecule has 1 unspecified atom stereocenters. The summed E-state index contributed by atoms with van der Waals surface area (Å²) in [5.74, 6) is -0.289. The highest BCUT2D eigenvalue weighted by atomic mass is 35.5. The molecule has 3 aromatic carbocycles. The second-order valence-corrected chi connectivity index (χ2v) is 15.7. The molecule has 0 aromatic heterocycles. The third-order valence-electron chi connectivity index (χ3n) is 9.70. The number of methoxy groups -OCH3 is 1. The van der Waals surface area contributed by atoms with Gasteiger partial charge in [0.2, 0.25) is 5.91 Å². The van der Waals surface area contributed by atoms with Crippen LogP contribution in [0.4, 0.5) is 0 Å². The summed E-state index contributed by atoms with van der Waals surface area (Å²) < 4.78 is 40.2. The van der Waals surface area contributed by atoms with Crippen LogP contribution in [0.1, 0.15) is 42.1 Å². The van der Waals surface area contributed by atoms with Gasteiger partial charge in [-0.15, -0.1) is 0 Å². The molecule has 0 bridgehead atoms. The molecule has 3 atom stereocenters. The largest absolute Gasteiger partial charge is 0.495 e. The van der Waals surface area contributed by atoms with Crippen LogP contribution in [0.3, 0.4) is 0 Å². The lowest BCUT2D eigenvalue weighted by Gasteiger charge is -2.41. The van der Waals surface area contributed by atoms with Gasteiger partial charge in [-0.1, -0.05) is 51.9 Å². The van der Waals surface area contributed by atoms with Crippen molar-refractivity contribution in [3.63, 3.8) is 0 Å². The first-order valence-corrected chi connectivity index (χ1v) is 19.6. The molecule has 5 rings (SSSR count). The first-order valence-electron chi connectivity index (χ1n) is 17.4. The zero-order valence-corrected chi connectivity index (χ0v) is 33.2. The molecule has 2 aliphatic heterocycles. The Morgan fingerprint density at radius 3 is 1.96 bits per heavy atom. The number of sulfonamides is 1. The number of nitrogens with one attached hydrogen (secondary N) is 2. The van der Waals surface area contributed by atoms with Crippen molar-refractivity contribution in [3.05, 3.63) is 87.4 Å². The van der Waals surface area contributed by atoms with E-state index in [2.05, 4.69) is 16.7 Å². The monoisotopic (exact) mass is 801 g/mol. The molecule has 2 heterocycles. The van der Waals surface area contributed by atoms with Crippen molar-refractivity contribution in [3.8, 4) is 17.6 Å². The summed E-state index contributed by atoms with van der Waals surface area (Å²) in [5.41, 5.74) is 0.0644. The van der Waals surface area contributed by atoms with Crippen molar-refractivity contribution in [2.24, 2.45) is 0 Å². The van der Waals surface area contributed by atoms with Gasteiger partial charge in [-0.05, 0) is 48.4 Å². The number of rotatable bonds is 14. The zero-order valence-electron chi connectivity index (χ0n) is 30.8. The maximum Gasteiger partial charge on any atom is 0.268 e. The van der Waals surface area contributed by atoms with E-state index in [0.717, 1.165) is 11.1 Å². The molecule has 0 saturated carbocycles. The Morgan fingerprint density at radius 1 is 0.926 bits per heavy atom. The van der Waals surface area contributed by atoms with E-state index >= 15 is 4.79 Å². The number of ether oxygens (including phenoxy) is 2. The second-order valence-electron chi connectivity index (χ2n) is 12.9. The third-order valence-corrected chi connectivity index (χ3v) is 11.9. The zero-order chi connectivity index (χ0) is 39.2. The molecule has 54 heavy (non-hydrogen) atoms. The van der Waals surface area contributed by atoms with Crippen LogP contribution in [-0.2, 0) is 30.1 Å². The summed E-state index contributed by atoms with van der Waals surface area (Å²) in [6, 6.07) is 18.4. The quantitative estimate of drug-likeness (QED) is 0.228. The van der Waals surface area contributed by atoms with E-state index in [1.165, 1.54) is 38.3 Å². The van der Waals surface area contributed by atoms with Crippen molar-refractivity contribution in [1.29, 1.82) is 5.26 Å². The summed E-state index contributed by atoms with van der Waals surface area (Å²) in [6.07, 6.45) is 0.237. The number of carbonyl (C=O) groups is 2. The fraction of sp³-hybridized carbons (Fsp3) is 0.432. The number of hydroxylamine groups is 1. The van der Waals surface area contributed by atoms with Gasteiger partial charge in [-0.2, -0.15) is 5.26 Å². The maximum absolute atomic E-state index is 15.4. The lowest BCUT2D eigenvalue weighted by molar-refractivity contribution is -0.142. The average Bonchev–Trinajstić information content (AvgIpc) is 3.58. The maximum atomic E-state index is 15.4. The summed E-state index contributed by atoms with van der Waals surface area (Å²) in [4.78, 5) is 38.3. The molecule has 2 amide bonds. The minimum Gasteiger partial charge on any atom is -0.495 e. The molecule has 290 valence electrons. The van der Waals surface area contributed by atoms with Gasteiger partial charge < -0.3 is 19.3 Å². The highest BCUT2D eigenvalue weighted by Crippen LogP contribution is 2.47. The number of likely N-dealkylation sites (N-methyl/N-ethyl adjacent to an activating group) is 1. The highest BCUT2D eigenvalue weighted by molar-refractivity contribution is 7.89. The van der Waals surface area contributed by atoms with Crippen LogP contribution in [0.2, 0.25) is 10.0 Å². The van der Waals surface area contributed by atoms with Gasteiger partial charge in [0, 0.05) is 68.5 Å². The number of hydrogen-bond donors (Lipinski definition) is 2. The summed E-state index contributed by atoms with van der Waals surface area (Å²) in [7, 11) is 1.20. The highest BCUT2D eigenvalue weighted by Gasteiger charge is 2.55. The van der Waals surface area contributed by atoms with Crippen molar-refractivity contribution in [1.82, 2.24) is 29.8 Å². The van der Waals surface area contributed by atoms with Gasteiger partial charge in [0.25, 0.3) is 15.9 Å². The molecule has 3 aromatic rings. The fourth-order valence-electron chi connectivity index (χ4n) is 6.67. The van der Waals surface area contributed by atoms with Crippen LogP contribution in [0, 0.1) is 11.3 Å². The molecule has 0 spiro atoms. The molecule has 0 radical (unpaired) electrons. The number of piperazine rings is 1. The van der Waals surface area contributed by atoms with Crippen LogP contribution in [0.15, 0.2) is 65.6 Å². The number of nitrogens with zero attached hydrogens (tertiary/aromatic N) is 5. The van der Waals surface area contributed by atoms with Gasteiger partial charge >= 0.3 is 0 Å². The molecule has 2 saturated heterocycles. The molecule has 2 aliphatic rings. The van der Waals surface area contributed by atoms with E-state index in [1.807, 2.05) is 29.2 Å². The van der Waals surface area contributed by atoms with Crippen LogP contribution < -0.4 is 20.1 Å². The topological polar surface area (TPSA) is 157 Å². The number of carbonyl (C=O) groups excluding carboxylic acids is 2. The Morgan fingerprint density at radius 2 is 1.48 bits per heavy atom. The minimum absolute atomic E-state index is 0.00628. The first-order chi connectivity index (χ1) is 25.8. The normalized spacial score (nSPS) is 20.5. The van der Waals surface area contributed by atoms with Gasteiger partial charge in [0.15, 0.2) is 5.66 Å². The Labute approximate surface area is 326 Å². The number of hydrogen-bond acceptors (Lipinski definition) is 11. The summed E-state index contributed by atoms with van der Waals surface area (Å²) in [5, 5.41) is 17.2. The van der Waals surface area contributed by atoms with E-state index < -0.39 is 27.8 Å². The van der Waals surface area contributed by atoms with Crippen molar-refractivity contribution in [2.45, 2.75) is 36.0 Å². The standard InChI is InChI=1S/C37H45Cl2N7O7S/c1-6-53-30-23-31(51-4)32(54(49,50)44(3)52-5)22-29(30)37(36(48)46-20-18-45(19-21-46)24-33(47)43(2)17-7-16-40)41-34(25-8-12-27(38)13-9-25)35(42-37)26-10-14-28(39)15-11-26/h8-15,22-23,34-35,41-42H,6-7,17-21,24H2,1-5H3/t34-,35+,37?. The van der Waals surface area contributed by atoms with Crippen LogP contribution in [0.5, 0.6) is 11.5 Å².